The summed E-state index contributed by atoms with van der Waals surface area (Å²) in [7, 11) is 0. The molecule has 0 bridgehead atoms. The van der Waals surface area contributed by atoms with Gasteiger partial charge in [-0.3, -0.25) is 0 Å². The smallest absolute Gasteiger partial charge is 0.410 e. The normalized spacial score (nSPS) is 16.2. The lowest BCUT2D eigenvalue weighted by Crippen LogP contribution is -2.42. The van der Waals surface area contributed by atoms with Crippen molar-refractivity contribution in [2.24, 2.45) is 5.92 Å². The Balaban J connectivity index is 1.30. The fourth-order valence-corrected chi connectivity index (χ4v) is 7.52. The summed E-state index contributed by atoms with van der Waals surface area (Å²) in [6.07, 6.45) is 14.0. The number of ether oxygens (including phenoxy) is 2. The van der Waals surface area contributed by atoms with Crippen molar-refractivity contribution in [2.75, 3.05) is 31.9 Å². The Kier molecular flexibility index (Phi) is 13.5. The van der Waals surface area contributed by atoms with Crippen LogP contribution in [0.3, 0.4) is 0 Å². The minimum atomic E-state index is -0.651. The lowest BCUT2D eigenvalue weighted by atomic mass is 10.1. The molecule has 2 atom stereocenters. The summed E-state index contributed by atoms with van der Waals surface area (Å²) in [5.74, 6) is 0.632. The molecular weight excluding hydrogens is 713 g/mol. The SMILES string of the molecule is C=C/C=C(\C=C)CCN(CCCN(C[C@@H]1CC[C@H](n2cc(-c3ccn(Sc4ccccc4)n3)c3c(N)ncnc32)C1)C(=O)OC(C)(C)C)C(=O)OC(C)(C)C. The number of carbonyl (C=O) groups excluding carboxylic acids is 2. The van der Waals surface area contributed by atoms with Crippen LogP contribution in [0.2, 0.25) is 0 Å². The number of hydrogen-bond donors (Lipinski definition) is 1. The highest BCUT2D eigenvalue weighted by molar-refractivity contribution is 7.97. The van der Waals surface area contributed by atoms with Gasteiger partial charge in [-0.25, -0.2) is 23.6 Å². The van der Waals surface area contributed by atoms with Gasteiger partial charge in [0, 0.05) is 67.0 Å². The summed E-state index contributed by atoms with van der Waals surface area (Å²) < 4.78 is 15.7. The molecule has 13 heteroatoms. The van der Waals surface area contributed by atoms with Crippen molar-refractivity contribution in [3.8, 4) is 11.3 Å². The zero-order valence-electron chi connectivity index (χ0n) is 33.1. The second kappa shape index (κ2) is 18.1. The van der Waals surface area contributed by atoms with E-state index in [9.17, 15) is 9.59 Å². The van der Waals surface area contributed by atoms with Gasteiger partial charge in [-0.2, -0.15) is 5.10 Å². The molecule has 3 aromatic heterocycles. The minimum absolute atomic E-state index is 0.141. The molecule has 0 spiro atoms. The van der Waals surface area contributed by atoms with Crippen molar-refractivity contribution in [3.63, 3.8) is 0 Å². The number of aromatic nitrogens is 5. The lowest BCUT2D eigenvalue weighted by molar-refractivity contribution is 0.0186. The Bertz CT molecular complexity index is 1970. The van der Waals surface area contributed by atoms with E-state index in [-0.39, 0.29) is 24.1 Å². The molecule has 2 amide bonds. The first-order chi connectivity index (χ1) is 26.1. The van der Waals surface area contributed by atoms with Crippen molar-refractivity contribution in [1.82, 2.24) is 33.5 Å². The van der Waals surface area contributed by atoms with Gasteiger partial charge >= 0.3 is 12.2 Å². The molecule has 55 heavy (non-hydrogen) atoms. The maximum absolute atomic E-state index is 13.6. The van der Waals surface area contributed by atoms with E-state index >= 15 is 0 Å². The molecule has 3 heterocycles. The summed E-state index contributed by atoms with van der Waals surface area (Å²) in [5, 5.41) is 5.65. The van der Waals surface area contributed by atoms with E-state index in [1.54, 1.807) is 22.0 Å². The van der Waals surface area contributed by atoms with Crippen molar-refractivity contribution < 1.29 is 19.1 Å². The number of anilines is 1. The number of carbonyl (C=O) groups is 2. The minimum Gasteiger partial charge on any atom is -0.444 e. The van der Waals surface area contributed by atoms with E-state index < -0.39 is 11.2 Å². The van der Waals surface area contributed by atoms with Crippen LogP contribution in [0.15, 0.2) is 97.0 Å². The Morgan fingerprint density at radius 2 is 1.65 bits per heavy atom. The van der Waals surface area contributed by atoms with E-state index in [0.29, 0.717) is 44.8 Å². The summed E-state index contributed by atoms with van der Waals surface area (Å²) in [6, 6.07) is 12.2. The van der Waals surface area contributed by atoms with Crippen molar-refractivity contribution in [2.45, 2.75) is 95.8 Å². The highest BCUT2D eigenvalue weighted by atomic mass is 32.2. The average molecular weight is 769 g/mol. The van der Waals surface area contributed by atoms with Gasteiger partial charge in [-0.1, -0.05) is 49.6 Å². The first-order valence-corrected chi connectivity index (χ1v) is 19.7. The van der Waals surface area contributed by atoms with Crippen LogP contribution in [0, 0.1) is 5.92 Å². The summed E-state index contributed by atoms with van der Waals surface area (Å²) >= 11 is 1.53. The molecule has 0 unspecified atom stereocenters. The Morgan fingerprint density at radius 1 is 0.964 bits per heavy atom. The highest BCUT2D eigenvalue weighted by Gasteiger charge is 2.33. The summed E-state index contributed by atoms with van der Waals surface area (Å²) in [6.45, 7) is 20.7. The molecule has 1 saturated carbocycles. The van der Waals surface area contributed by atoms with Crippen LogP contribution < -0.4 is 5.73 Å². The molecule has 0 aliphatic heterocycles. The van der Waals surface area contributed by atoms with Crippen LogP contribution in [-0.4, -0.2) is 83.1 Å². The molecule has 0 radical (unpaired) electrons. The number of rotatable bonds is 15. The van der Waals surface area contributed by atoms with Crippen molar-refractivity contribution >= 4 is 41.0 Å². The molecule has 1 aliphatic rings. The number of amides is 2. The number of allylic oxidation sites excluding steroid dienone is 3. The van der Waals surface area contributed by atoms with Crippen LogP contribution in [0.25, 0.3) is 22.3 Å². The van der Waals surface area contributed by atoms with E-state index in [4.69, 9.17) is 20.3 Å². The van der Waals surface area contributed by atoms with Crippen LogP contribution in [0.5, 0.6) is 0 Å². The molecule has 4 aromatic rings. The molecule has 2 N–H and O–H groups in total. The fraction of sp³-hybridized carbons (Fsp3) is 0.452. The third kappa shape index (κ3) is 11.5. The van der Waals surface area contributed by atoms with E-state index in [1.165, 1.54) is 18.3 Å². The maximum atomic E-state index is 13.6. The van der Waals surface area contributed by atoms with Crippen molar-refractivity contribution in [3.05, 3.63) is 92.1 Å². The molecule has 0 saturated heterocycles. The fourth-order valence-electron chi connectivity index (χ4n) is 6.78. The average Bonchev–Trinajstić information content (AvgIpc) is 3.87. The number of benzene rings is 1. The molecule has 5 rings (SSSR count). The Hall–Kier alpha value is -5.04. The third-order valence-corrected chi connectivity index (χ3v) is 10.1. The number of nitrogens with two attached hydrogens (primary N) is 1. The number of nitrogens with zero attached hydrogens (tertiary/aromatic N) is 7. The van der Waals surface area contributed by atoms with Gasteiger partial charge in [0.2, 0.25) is 0 Å². The van der Waals surface area contributed by atoms with Crippen LogP contribution in [-0.2, 0) is 9.47 Å². The zero-order chi connectivity index (χ0) is 39.8. The quantitative estimate of drug-likeness (QED) is 0.118. The van der Waals surface area contributed by atoms with Gasteiger partial charge in [-0.15, -0.1) is 0 Å². The summed E-state index contributed by atoms with van der Waals surface area (Å²) in [5.41, 5.74) is 8.61. The molecule has 1 fully saturated rings. The highest BCUT2D eigenvalue weighted by Crippen LogP contribution is 2.41. The van der Waals surface area contributed by atoms with E-state index in [1.807, 2.05) is 94.3 Å². The van der Waals surface area contributed by atoms with Gasteiger partial charge in [0.15, 0.2) is 0 Å². The molecule has 1 aliphatic carbocycles. The predicted octanol–water partition coefficient (Wildman–Crippen LogP) is 9.33. The van der Waals surface area contributed by atoms with E-state index in [0.717, 1.165) is 52.0 Å². The second-order valence-corrected chi connectivity index (χ2v) is 17.0. The van der Waals surface area contributed by atoms with Crippen LogP contribution in [0.4, 0.5) is 15.4 Å². The van der Waals surface area contributed by atoms with Crippen molar-refractivity contribution in [1.29, 1.82) is 0 Å². The lowest BCUT2D eigenvalue weighted by Gasteiger charge is -2.31. The monoisotopic (exact) mass is 768 g/mol. The van der Waals surface area contributed by atoms with Gasteiger partial charge in [0.25, 0.3) is 0 Å². The number of nitrogen functional groups attached to an aromatic ring is 1. The molecule has 12 nitrogen and oxygen atoms in total. The van der Waals surface area contributed by atoms with Crippen LogP contribution >= 0.6 is 11.9 Å². The molecule has 1 aromatic carbocycles. The molecular formula is C42H56N8O4S. The van der Waals surface area contributed by atoms with Gasteiger partial charge in [-0.05, 0) is 103 Å². The largest absolute Gasteiger partial charge is 0.444 e. The molecule has 294 valence electrons. The maximum Gasteiger partial charge on any atom is 0.410 e. The van der Waals surface area contributed by atoms with Gasteiger partial charge in [0.1, 0.15) is 29.0 Å². The van der Waals surface area contributed by atoms with Gasteiger partial charge in [0.05, 0.1) is 11.1 Å². The second-order valence-electron chi connectivity index (χ2n) is 15.9. The Morgan fingerprint density at radius 3 is 2.33 bits per heavy atom. The number of hydrogen-bond acceptors (Lipinski definition) is 9. The topological polar surface area (TPSA) is 134 Å². The first-order valence-electron chi connectivity index (χ1n) is 18.9. The first kappa shape index (κ1) is 41.1. The van der Waals surface area contributed by atoms with Crippen LogP contribution in [0.1, 0.15) is 79.7 Å². The number of fused-ring (bicyclic) bond motifs is 1. The zero-order valence-corrected chi connectivity index (χ0v) is 33.9. The predicted molar refractivity (Wildman–Crippen MR) is 221 cm³/mol. The standard InChI is InChI=1S/C42H56N8O4S/c1-9-15-30(10-2)20-24-47(39(51)53-41(3,4)5)22-14-23-48(40(52)54-42(6,7)8)27-31-18-19-32(26-31)49-28-34(36-37(43)44-29-45-38(36)49)35-21-25-50(46-35)55-33-16-12-11-13-17-33/h9-13,15-17,21,25,28-29,31-32H,1-2,14,18-20,22-24,26-27H2,3-8H3,(H2,43,44,45)/b30-15+/t31-,32+/m1/s1. The third-order valence-electron chi connectivity index (χ3n) is 9.23. The van der Waals surface area contributed by atoms with Gasteiger partial charge < -0.3 is 29.6 Å². The Labute approximate surface area is 329 Å². The summed E-state index contributed by atoms with van der Waals surface area (Å²) in [4.78, 5) is 40.5. The van der Waals surface area contributed by atoms with E-state index in [2.05, 4.69) is 33.9 Å².